The van der Waals surface area contributed by atoms with Crippen LogP contribution < -0.4 is 0 Å². The minimum Gasteiger partial charge on any atom is -0.480 e. The van der Waals surface area contributed by atoms with Crippen LogP contribution in [0.3, 0.4) is 0 Å². The standard InChI is InChI=1S/C14H20FNO2/c1-4-11(3)16(9-14(17)18)8-12-6-5-10(2)13(15)7-12/h5-7,11H,4,8-9H2,1-3H3,(H,17,18). The average molecular weight is 253 g/mol. The molecule has 1 aromatic rings. The molecule has 1 rings (SSSR count). The third-order valence-corrected chi connectivity index (χ3v) is 3.17. The molecule has 0 aliphatic rings. The van der Waals surface area contributed by atoms with Crippen molar-refractivity contribution >= 4 is 5.97 Å². The largest absolute Gasteiger partial charge is 0.480 e. The van der Waals surface area contributed by atoms with Crippen LogP contribution in [0.5, 0.6) is 0 Å². The zero-order valence-corrected chi connectivity index (χ0v) is 11.1. The van der Waals surface area contributed by atoms with Gasteiger partial charge < -0.3 is 5.11 Å². The van der Waals surface area contributed by atoms with Crippen molar-refractivity contribution in [3.63, 3.8) is 0 Å². The molecule has 1 N–H and O–H groups in total. The number of hydrogen-bond donors (Lipinski definition) is 1. The fourth-order valence-corrected chi connectivity index (χ4v) is 1.77. The van der Waals surface area contributed by atoms with Gasteiger partial charge in [0.15, 0.2) is 0 Å². The van der Waals surface area contributed by atoms with E-state index in [1.165, 1.54) is 6.07 Å². The van der Waals surface area contributed by atoms with Gasteiger partial charge in [0.25, 0.3) is 0 Å². The molecule has 18 heavy (non-hydrogen) atoms. The minimum atomic E-state index is -0.858. The van der Waals surface area contributed by atoms with Gasteiger partial charge in [-0.25, -0.2) is 4.39 Å². The lowest BCUT2D eigenvalue weighted by Gasteiger charge is -2.26. The number of aliphatic carboxylic acids is 1. The Labute approximate surface area is 107 Å². The molecule has 1 aromatic carbocycles. The van der Waals surface area contributed by atoms with Gasteiger partial charge in [0.2, 0.25) is 0 Å². The molecular formula is C14H20FNO2. The highest BCUT2D eigenvalue weighted by atomic mass is 19.1. The Morgan fingerprint density at radius 1 is 1.50 bits per heavy atom. The monoisotopic (exact) mass is 253 g/mol. The van der Waals surface area contributed by atoms with Crippen LogP contribution in [0.25, 0.3) is 0 Å². The molecule has 0 aliphatic heterocycles. The number of rotatable bonds is 6. The molecule has 0 amide bonds. The maximum Gasteiger partial charge on any atom is 0.317 e. The topological polar surface area (TPSA) is 40.5 Å². The van der Waals surface area contributed by atoms with Crippen molar-refractivity contribution in [1.29, 1.82) is 0 Å². The number of carboxylic acids is 1. The van der Waals surface area contributed by atoms with E-state index in [1.807, 2.05) is 24.8 Å². The highest BCUT2D eigenvalue weighted by Gasteiger charge is 2.16. The molecule has 0 spiro atoms. The summed E-state index contributed by atoms with van der Waals surface area (Å²) in [6.45, 7) is 6.13. The zero-order valence-electron chi connectivity index (χ0n) is 11.1. The van der Waals surface area contributed by atoms with Gasteiger partial charge in [0.1, 0.15) is 5.82 Å². The maximum atomic E-state index is 13.4. The van der Waals surface area contributed by atoms with Crippen LogP contribution in [0.1, 0.15) is 31.4 Å². The van der Waals surface area contributed by atoms with Crippen molar-refractivity contribution in [1.82, 2.24) is 4.90 Å². The molecule has 0 aliphatic carbocycles. The lowest BCUT2D eigenvalue weighted by Crippen LogP contribution is -2.36. The van der Waals surface area contributed by atoms with E-state index in [4.69, 9.17) is 5.11 Å². The summed E-state index contributed by atoms with van der Waals surface area (Å²) < 4.78 is 13.4. The van der Waals surface area contributed by atoms with Crippen LogP contribution in [-0.4, -0.2) is 28.6 Å². The number of nitrogens with zero attached hydrogens (tertiary/aromatic N) is 1. The smallest absolute Gasteiger partial charge is 0.317 e. The summed E-state index contributed by atoms with van der Waals surface area (Å²) in [7, 11) is 0. The molecule has 0 saturated carbocycles. The van der Waals surface area contributed by atoms with Crippen molar-refractivity contribution in [3.8, 4) is 0 Å². The van der Waals surface area contributed by atoms with E-state index in [1.54, 1.807) is 13.0 Å². The molecule has 0 bridgehead atoms. The van der Waals surface area contributed by atoms with Crippen LogP contribution in [-0.2, 0) is 11.3 Å². The highest BCUT2D eigenvalue weighted by Crippen LogP contribution is 2.14. The summed E-state index contributed by atoms with van der Waals surface area (Å²) in [4.78, 5) is 12.7. The lowest BCUT2D eigenvalue weighted by atomic mass is 10.1. The molecule has 1 atom stereocenters. The quantitative estimate of drug-likeness (QED) is 0.847. The number of benzene rings is 1. The second-order valence-corrected chi connectivity index (χ2v) is 4.64. The summed E-state index contributed by atoms with van der Waals surface area (Å²) in [6, 6.07) is 5.20. The molecule has 0 fully saturated rings. The molecule has 3 nitrogen and oxygen atoms in total. The van der Waals surface area contributed by atoms with Crippen LogP contribution >= 0.6 is 0 Å². The number of carbonyl (C=O) groups is 1. The Morgan fingerprint density at radius 2 is 2.17 bits per heavy atom. The minimum absolute atomic E-state index is 0.0233. The van der Waals surface area contributed by atoms with Crippen LogP contribution in [0.15, 0.2) is 18.2 Å². The Kier molecular flexibility index (Phi) is 5.28. The number of halogens is 1. The van der Waals surface area contributed by atoms with Gasteiger partial charge in [-0.3, -0.25) is 9.69 Å². The summed E-state index contributed by atoms with van der Waals surface area (Å²) in [6.07, 6.45) is 0.863. The fourth-order valence-electron chi connectivity index (χ4n) is 1.77. The molecule has 1 unspecified atom stereocenters. The third kappa shape index (κ3) is 4.11. The molecule has 4 heteroatoms. The van der Waals surface area contributed by atoms with E-state index in [0.717, 1.165) is 12.0 Å². The molecule has 0 radical (unpaired) electrons. The first kappa shape index (κ1) is 14.6. The highest BCUT2D eigenvalue weighted by molar-refractivity contribution is 5.69. The number of hydrogen-bond acceptors (Lipinski definition) is 2. The first-order valence-electron chi connectivity index (χ1n) is 6.15. The Morgan fingerprint density at radius 3 is 2.67 bits per heavy atom. The number of carboxylic acid groups (broad SMARTS) is 1. The first-order valence-corrected chi connectivity index (χ1v) is 6.15. The van der Waals surface area contributed by atoms with E-state index in [9.17, 15) is 9.18 Å². The van der Waals surface area contributed by atoms with E-state index in [0.29, 0.717) is 12.1 Å². The third-order valence-electron chi connectivity index (χ3n) is 3.17. The van der Waals surface area contributed by atoms with Gasteiger partial charge in [-0.1, -0.05) is 19.1 Å². The molecule has 0 saturated heterocycles. The van der Waals surface area contributed by atoms with Crippen molar-refractivity contribution in [2.24, 2.45) is 0 Å². The van der Waals surface area contributed by atoms with Crippen molar-refractivity contribution < 1.29 is 14.3 Å². The van der Waals surface area contributed by atoms with Gasteiger partial charge in [-0.05, 0) is 37.5 Å². The van der Waals surface area contributed by atoms with Crippen molar-refractivity contribution in [2.45, 2.75) is 39.8 Å². The van der Waals surface area contributed by atoms with Crippen LogP contribution in [0, 0.1) is 12.7 Å². The molecule has 0 heterocycles. The average Bonchev–Trinajstić information content (AvgIpc) is 2.31. The Bertz CT molecular complexity index is 420. The molecule has 0 aromatic heterocycles. The zero-order chi connectivity index (χ0) is 13.7. The fraction of sp³-hybridized carbons (Fsp3) is 0.500. The van der Waals surface area contributed by atoms with E-state index < -0.39 is 5.97 Å². The number of aryl methyl sites for hydroxylation is 1. The summed E-state index contributed by atoms with van der Waals surface area (Å²) in [5, 5.41) is 8.89. The predicted molar refractivity (Wildman–Crippen MR) is 68.9 cm³/mol. The Balaban J connectivity index is 2.81. The second kappa shape index (κ2) is 6.50. The molecular weight excluding hydrogens is 233 g/mol. The van der Waals surface area contributed by atoms with Crippen molar-refractivity contribution in [2.75, 3.05) is 6.54 Å². The van der Waals surface area contributed by atoms with E-state index >= 15 is 0 Å². The van der Waals surface area contributed by atoms with Crippen molar-refractivity contribution in [3.05, 3.63) is 35.1 Å². The van der Waals surface area contributed by atoms with Gasteiger partial charge in [0.05, 0.1) is 6.54 Å². The van der Waals surface area contributed by atoms with Gasteiger partial charge >= 0.3 is 5.97 Å². The Hall–Kier alpha value is -1.42. The maximum absolute atomic E-state index is 13.4. The SMILES string of the molecule is CCC(C)N(CC(=O)O)Cc1ccc(C)c(F)c1. The van der Waals surface area contributed by atoms with Gasteiger partial charge in [-0.15, -0.1) is 0 Å². The van der Waals surface area contributed by atoms with Crippen LogP contribution in [0.4, 0.5) is 4.39 Å². The van der Waals surface area contributed by atoms with Gasteiger partial charge in [-0.2, -0.15) is 0 Å². The van der Waals surface area contributed by atoms with Crippen LogP contribution in [0.2, 0.25) is 0 Å². The first-order chi connectivity index (χ1) is 8.43. The van der Waals surface area contributed by atoms with Gasteiger partial charge in [0, 0.05) is 12.6 Å². The predicted octanol–water partition coefficient (Wildman–Crippen LogP) is 2.82. The summed E-state index contributed by atoms with van der Waals surface area (Å²) in [5.41, 5.74) is 1.41. The van der Waals surface area contributed by atoms with E-state index in [-0.39, 0.29) is 18.4 Å². The summed E-state index contributed by atoms with van der Waals surface area (Å²) in [5.74, 6) is -1.10. The van der Waals surface area contributed by atoms with E-state index in [2.05, 4.69) is 0 Å². The normalized spacial score (nSPS) is 12.7. The second-order valence-electron chi connectivity index (χ2n) is 4.64. The molecule has 100 valence electrons. The lowest BCUT2D eigenvalue weighted by molar-refractivity contribution is -0.139. The summed E-state index contributed by atoms with van der Waals surface area (Å²) >= 11 is 0.